The topological polar surface area (TPSA) is 23.6 Å². The maximum Gasteiger partial charge on any atom is 0.164 e. The minimum atomic E-state index is -0.348. The van der Waals surface area contributed by atoms with E-state index in [9.17, 15) is 9.18 Å². The van der Waals surface area contributed by atoms with Crippen LogP contribution in [0.5, 0.6) is 0 Å². The first-order chi connectivity index (χ1) is 9.56. The molecule has 0 spiro atoms. The molecule has 0 atom stereocenters. The van der Waals surface area contributed by atoms with E-state index in [0.717, 1.165) is 32.5 Å². The Morgan fingerprint density at radius 2 is 2.10 bits per heavy atom. The Bertz CT molecular complexity index is 456. The van der Waals surface area contributed by atoms with Crippen molar-refractivity contribution in [3.63, 3.8) is 0 Å². The number of halogens is 1. The number of carbonyl (C=O) groups excluding carboxylic acids is 1. The molecule has 2 rings (SSSR count). The van der Waals surface area contributed by atoms with Crippen LogP contribution in [0.4, 0.5) is 4.39 Å². The van der Waals surface area contributed by atoms with Crippen molar-refractivity contribution in [2.24, 2.45) is 0 Å². The van der Waals surface area contributed by atoms with Crippen molar-refractivity contribution in [2.75, 3.05) is 33.7 Å². The predicted octanol–water partition coefficient (Wildman–Crippen LogP) is 2.42. The summed E-state index contributed by atoms with van der Waals surface area (Å²) in [6, 6.07) is 6.51. The van der Waals surface area contributed by atoms with E-state index in [1.807, 2.05) is 0 Å². The molecule has 1 saturated heterocycles. The molecular formula is C16H23FN2O. The minimum absolute atomic E-state index is 0.0178. The number of hydrogen-bond donors (Lipinski definition) is 0. The summed E-state index contributed by atoms with van der Waals surface area (Å²) in [5.41, 5.74) is 0.474. The zero-order valence-electron chi connectivity index (χ0n) is 12.3. The number of hydrogen-bond acceptors (Lipinski definition) is 3. The van der Waals surface area contributed by atoms with Crippen molar-refractivity contribution >= 4 is 5.78 Å². The van der Waals surface area contributed by atoms with E-state index in [-0.39, 0.29) is 11.6 Å². The molecule has 20 heavy (non-hydrogen) atoms. The highest BCUT2D eigenvalue weighted by molar-refractivity contribution is 5.96. The Labute approximate surface area is 120 Å². The van der Waals surface area contributed by atoms with E-state index >= 15 is 0 Å². The van der Waals surface area contributed by atoms with Crippen molar-refractivity contribution in [1.29, 1.82) is 0 Å². The maximum atomic E-state index is 13.1. The second kappa shape index (κ2) is 6.95. The number of likely N-dealkylation sites (tertiary alicyclic amines) is 1. The van der Waals surface area contributed by atoms with Gasteiger partial charge in [-0.05, 0) is 52.2 Å². The summed E-state index contributed by atoms with van der Waals surface area (Å²) in [5.74, 6) is -0.330. The van der Waals surface area contributed by atoms with E-state index < -0.39 is 0 Å². The van der Waals surface area contributed by atoms with E-state index in [4.69, 9.17) is 0 Å². The van der Waals surface area contributed by atoms with Crippen molar-refractivity contribution in [3.05, 3.63) is 35.6 Å². The highest BCUT2D eigenvalue weighted by atomic mass is 19.1. The zero-order chi connectivity index (χ0) is 14.5. The largest absolute Gasteiger partial charge is 0.306 e. The van der Waals surface area contributed by atoms with Gasteiger partial charge in [-0.25, -0.2) is 4.39 Å². The molecule has 3 nitrogen and oxygen atoms in total. The van der Waals surface area contributed by atoms with Crippen molar-refractivity contribution in [3.8, 4) is 0 Å². The maximum absolute atomic E-state index is 13.1. The second-order valence-electron chi connectivity index (χ2n) is 5.70. The Hall–Kier alpha value is -1.26. The third kappa shape index (κ3) is 4.12. The van der Waals surface area contributed by atoms with Gasteiger partial charge in [-0.3, -0.25) is 4.79 Å². The number of benzene rings is 1. The van der Waals surface area contributed by atoms with Crippen LogP contribution in [0.25, 0.3) is 0 Å². The van der Waals surface area contributed by atoms with Crippen molar-refractivity contribution in [2.45, 2.75) is 25.3 Å². The van der Waals surface area contributed by atoms with E-state index in [1.165, 1.54) is 12.1 Å². The standard InChI is InChI=1S/C16H23FN2O/c1-18-9-6-15(7-10-18)19(2)11-8-16(20)13-4-3-5-14(17)12-13/h3-5,12,15H,6-11H2,1-2H3. The smallest absolute Gasteiger partial charge is 0.164 e. The SMILES string of the molecule is CN1CCC(N(C)CCC(=O)c2cccc(F)c2)CC1. The van der Waals surface area contributed by atoms with E-state index in [1.54, 1.807) is 12.1 Å². The molecule has 0 radical (unpaired) electrons. The first kappa shape index (κ1) is 15.1. The molecule has 0 bridgehead atoms. The molecule has 1 aliphatic rings. The van der Waals surface area contributed by atoms with Gasteiger partial charge >= 0.3 is 0 Å². The summed E-state index contributed by atoms with van der Waals surface area (Å²) in [6.07, 6.45) is 2.76. The Morgan fingerprint density at radius 1 is 1.40 bits per heavy atom. The average Bonchev–Trinajstić information content (AvgIpc) is 2.45. The summed E-state index contributed by atoms with van der Waals surface area (Å²) in [7, 11) is 4.22. The van der Waals surface area contributed by atoms with Crippen molar-refractivity contribution < 1.29 is 9.18 Å². The van der Waals surface area contributed by atoms with E-state index in [0.29, 0.717) is 18.0 Å². The van der Waals surface area contributed by atoms with Gasteiger partial charge in [0.15, 0.2) is 5.78 Å². The first-order valence-corrected chi connectivity index (χ1v) is 7.24. The van der Waals surface area contributed by atoms with Crippen LogP contribution in [0, 0.1) is 5.82 Å². The van der Waals surface area contributed by atoms with E-state index in [2.05, 4.69) is 23.9 Å². The molecule has 1 aromatic carbocycles. The lowest BCUT2D eigenvalue weighted by Crippen LogP contribution is -2.42. The second-order valence-corrected chi connectivity index (χ2v) is 5.70. The lowest BCUT2D eigenvalue weighted by atomic mass is 10.0. The van der Waals surface area contributed by atoms with Crippen LogP contribution in [0.15, 0.2) is 24.3 Å². The molecule has 1 heterocycles. The van der Waals surface area contributed by atoms with Crippen LogP contribution in [0.2, 0.25) is 0 Å². The molecule has 0 aliphatic carbocycles. The Balaban J connectivity index is 1.81. The van der Waals surface area contributed by atoms with Gasteiger partial charge in [0, 0.05) is 24.6 Å². The minimum Gasteiger partial charge on any atom is -0.306 e. The molecule has 0 aromatic heterocycles. The third-order valence-corrected chi connectivity index (χ3v) is 4.15. The first-order valence-electron chi connectivity index (χ1n) is 7.24. The van der Waals surface area contributed by atoms with Gasteiger partial charge in [-0.2, -0.15) is 0 Å². The molecule has 0 unspecified atom stereocenters. The van der Waals surface area contributed by atoms with Gasteiger partial charge in [0.1, 0.15) is 5.82 Å². The number of Topliss-reactive ketones (excluding diaryl/α,β-unsaturated/α-hetero) is 1. The zero-order valence-corrected chi connectivity index (χ0v) is 12.3. The number of carbonyl (C=O) groups is 1. The lowest BCUT2D eigenvalue weighted by Gasteiger charge is -2.35. The molecule has 1 aromatic rings. The van der Waals surface area contributed by atoms with Crippen LogP contribution in [0.1, 0.15) is 29.6 Å². The van der Waals surface area contributed by atoms with Crippen molar-refractivity contribution in [1.82, 2.24) is 9.80 Å². The number of ketones is 1. The number of rotatable bonds is 5. The molecule has 0 saturated carbocycles. The van der Waals surface area contributed by atoms with Crippen LogP contribution >= 0.6 is 0 Å². The molecule has 1 aliphatic heterocycles. The summed E-state index contributed by atoms with van der Waals surface area (Å²) in [5, 5.41) is 0. The van der Waals surface area contributed by atoms with Gasteiger partial charge < -0.3 is 9.80 Å². The molecule has 0 N–H and O–H groups in total. The predicted molar refractivity (Wildman–Crippen MR) is 78.5 cm³/mol. The van der Waals surface area contributed by atoms with Crippen LogP contribution < -0.4 is 0 Å². The van der Waals surface area contributed by atoms with Gasteiger partial charge in [0.05, 0.1) is 0 Å². The summed E-state index contributed by atoms with van der Waals surface area (Å²) in [4.78, 5) is 16.6. The quantitative estimate of drug-likeness (QED) is 0.773. The summed E-state index contributed by atoms with van der Waals surface area (Å²) >= 11 is 0. The Morgan fingerprint density at radius 3 is 2.75 bits per heavy atom. The molecule has 1 fully saturated rings. The summed E-state index contributed by atoms with van der Waals surface area (Å²) < 4.78 is 13.1. The van der Waals surface area contributed by atoms with Gasteiger partial charge in [-0.15, -0.1) is 0 Å². The average molecular weight is 278 g/mol. The summed E-state index contributed by atoms with van der Waals surface area (Å²) in [6.45, 7) is 2.98. The highest BCUT2D eigenvalue weighted by Gasteiger charge is 2.20. The van der Waals surface area contributed by atoms with Gasteiger partial charge in [0.25, 0.3) is 0 Å². The van der Waals surface area contributed by atoms with Gasteiger partial charge in [-0.1, -0.05) is 12.1 Å². The fourth-order valence-electron chi connectivity index (χ4n) is 2.70. The third-order valence-electron chi connectivity index (χ3n) is 4.15. The van der Waals surface area contributed by atoms with Crippen LogP contribution in [-0.4, -0.2) is 55.4 Å². The lowest BCUT2D eigenvalue weighted by molar-refractivity contribution is 0.0938. The fraction of sp³-hybridized carbons (Fsp3) is 0.562. The van der Waals surface area contributed by atoms with Crippen LogP contribution in [0.3, 0.4) is 0 Å². The number of piperidine rings is 1. The molecular weight excluding hydrogens is 255 g/mol. The number of nitrogens with zero attached hydrogens (tertiary/aromatic N) is 2. The highest BCUT2D eigenvalue weighted by Crippen LogP contribution is 2.15. The fourth-order valence-corrected chi connectivity index (χ4v) is 2.70. The normalized spacial score (nSPS) is 17.6. The van der Waals surface area contributed by atoms with Crippen LogP contribution in [-0.2, 0) is 0 Å². The molecule has 4 heteroatoms. The molecule has 110 valence electrons. The van der Waals surface area contributed by atoms with Gasteiger partial charge in [0.2, 0.25) is 0 Å². The molecule has 0 amide bonds. The monoisotopic (exact) mass is 278 g/mol. The Kier molecular flexibility index (Phi) is 5.26.